The molecule has 1 atom stereocenters. The third-order valence-electron chi connectivity index (χ3n) is 4.99. The Balaban J connectivity index is 0.00000841. The summed E-state index contributed by atoms with van der Waals surface area (Å²) in [6.45, 7) is 18.1. The molecule has 1 aliphatic heterocycles. The zero-order chi connectivity index (χ0) is 21.7. The van der Waals surface area contributed by atoms with Crippen molar-refractivity contribution in [3.05, 3.63) is 0 Å². The summed E-state index contributed by atoms with van der Waals surface area (Å²) in [5.41, 5.74) is -0.489. The van der Waals surface area contributed by atoms with Crippen molar-refractivity contribution in [3.63, 3.8) is 0 Å². The van der Waals surface area contributed by atoms with E-state index in [-0.39, 0.29) is 36.1 Å². The molecule has 8 nitrogen and oxygen atoms in total. The van der Waals surface area contributed by atoms with Crippen molar-refractivity contribution in [2.45, 2.75) is 65.5 Å². The summed E-state index contributed by atoms with van der Waals surface area (Å²) in [6, 6.07) is 0.113. The van der Waals surface area contributed by atoms with E-state index in [0.29, 0.717) is 6.54 Å². The number of hydrogen-bond acceptors (Lipinski definition) is 5. The Hall–Kier alpha value is -0.810. The molecule has 1 fully saturated rings. The Morgan fingerprint density at radius 3 is 2.27 bits per heavy atom. The van der Waals surface area contributed by atoms with Crippen molar-refractivity contribution < 1.29 is 9.53 Å². The minimum atomic E-state index is -0.489. The number of likely N-dealkylation sites (N-methyl/N-ethyl adjacent to an activating group) is 1. The SMILES string of the molecule is CCCCC(CNC(=O)OC(C)(C)C)NC(=NC)NCCN1CCN(CC)CC1.I. The Kier molecular flexibility index (Phi) is 15.5. The highest BCUT2D eigenvalue weighted by Crippen LogP contribution is 2.07. The predicted molar refractivity (Wildman–Crippen MR) is 136 cm³/mol. The van der Waals surface area contributed by atoms with Crippen LogP contribution in [0.5, 0.6) is 0 Å². The molecule has 0 saturated carbocycles. The van der Waals surface area contributed by atoms with Gasteiger partial charge in [0.05, 0.1) is 0 Å². The number of guanidine groups is 1. The second-order valence-corrected chi connectivity index (χ2v) is 8.64. The fourth-order valence-corrected chi connectivity index (χ4v) is 3.25. The number of hydrogen-bond donors (Lipinski definition) is 3. The van der Waals surface area contributed by atoms with Gasteiger partial charge < -0.3 is 25.6 Å². The Morgan fingerprint density at radius 2 is 1.73 bits per heavy atom. The molecular formula is C21H45IN6O2. The molecule has 178 valence electrons. The number of ether oxygens (including phenoxy) is 1. The van der Waals surface area contributed by atoms with Crippen LogP contribution in [-0.2, 0) is 4.74 Å². The van der Waals surface area contributed by atoms with Crippen molar-refractivity contribution in [2.75, 3.05) is 59.4 Å². The first-order valence-corrected chi connectivity index (χ1v) is 11.2. The van der Waals surface area contributed by atoms with E-state index >= 15 is 0 Å². The second-order valence-electron chi connectivity index (χ2n) is 8.64. The lowest BCUT2D eigenvalue weighted by Gasteiger charge is -2.34. The predicted octanol–water partition coefficient (Wildman–Crippen LogP) is 2.49. The first-order valence-electron chi connectivity index (χ1n) is 11.2. The standard InChI is InChI=1S/C21H44N6O2.HI/c1-7-9-10-18(17-24-20(28)29-21(3,4)5)25-19(22-6)23-11-12-27-15-13-26(8-2)14-16-27;/h18H,7-17H2,1-6H3,(H,24,28)(H2,22,23,25);1H. The molecule has 0 aliphatic carbocycles. The maximum Gasteiger partial charge on any atom is 0.407 e. The van der Waals surface area contributed by atoms with Crippen LogP contribution in [0.3, 0.4) is 0 Å². The van der Waals surface area contributed by atoms with Gasteiger partial charge in [-0.1, -0.05) is 26.7 Å². The number of piperazine rings is 1. The molecule has 30 heavy (non-hydrogen) atoms. The molecule has 0 aromatic heterocycles. The van der Waals surface area contributed by atoms with Crippen LogP contribution in [0.2, 0.25) is 0 Å². The summed E-state index contributed by atoms with van der Waals surface area (Å²) in [5.74, 6) is 0.782. The first kappa shape index (κ1) is 29.2. The van der Waals surface area contributed by atoms with Crippen LogP contribution in [0.1, 0.15) is 53.9 Å². The number of carbonyl (C=O) groups excluding carboxylic acids is 1. The van der Waals surface area contributed by atoms with Crippen molar-refractivity contribution in [1.29, 1.82) is 0 Å². The van der Waals surface area contributed by atoms with Crippen LogP contribution >= 0.6 is 24.0 Å². The Morgan fingerprint density at radius 1 is 1.10 bits per heavy atom. The molecule has 0 radical (unpaired) electrons. The summed E-state index contributed by atoms with van der Waals surface area (Å²) in [7, 11) is 1.79. The minimum Gasteiger partial charge on any atom is -0.444 e. The number of aliphatic imine (C=N–C) groups is 1. The monoisotopic (exact) mass is 540 g/mol. The normalized spacial score (nSPS) is 17.1. The van der Waals surface area contributed by atoms with E-state index in [1.807, 2.05) is 20.8 Å². The maximum absolute atomic E-state index is 12.0. The molecule has 1 aliphatic rings. The number of unbranched alkanes of at least 4 members (excludes halogenated alkanes) is 1. The van der Waals surface area contributed by atoms with E-state index in [4.69, 9.17) is 4.74 Å². The molecule has 1 saturated heterocycles. The number of halogens is 1. The van der Waals surface area contributed by atoms with E-state index in [1.165, 1.54) is 0 Å². The molecule has 1 heterocycles. The van der Waals surface area contributed by atoms with Crippen LogP contribution in [-0.4, -0.2) is 92.9 Å². The molecular weight excluding hydrogens is 495 g/mol. The quantitative estimate of drug-likeness (QED) is 0.225. The zero-order valence-electron chi connectivity index (χ0n) is 19.9. The van der Waals surface area contributed by atoms with Crippen LogP contribution < -0.4 is 16.0 Å². The fraction of sp³-hybridized carbons (Fsp3) is 0.905. The summed E-state index contributed by atoms with van der Waals surface area (Å²) < 4.78 is 5.34. The van der Waals surface area contributed by atoms with Crippen molar-refractivity contribution in [2.24, 2.45) is 4.99 Å². The number of alkyl carbamates (subject to hydrolysis) is 1. The number of amides is 1. The van der Waals surface area contributed by atoms with Gasteiger partial charge in [-0.25, -0.2) is 4.79 Å². The zero-order valence-corrected chi connectivity index (χ0v) is 22.3. The van der Waals surface area contributed by atoms with E-state index in [9.17, 15) is 4.79 Å². The molecule has 0 aromatic rings. The molecule has 0 spiro atoms. The topological polar surface area (TPSA) is 81.2 Å². The highest BCUT2D eigenvalue weighted by atomic mass is 127. The lowest BCUT2D eigenvalue weighted by molar-refractivity contribution is 0.0522. The van der Waals surface area contributed by atoms with Gasteiger partial charge in [0.1, 0.15) is 5.60 Å². The van der Waals surface area contributed by atoms with Crippen LogP contribution in [0, 0.1) is 0 Å². The van der Waals surface area contributed by atoms with Gasteiger partial charge in [0, 0.05) is 58.9 Å². The van der Waals surface area contributed by atoms with Gasteiger partial charge in [-0.15, -0.1) is 24.0 Å². The molecule has 0 aromatic carbocycles. The smallest absolute Gasteiger partial charge is 0.407 e. The molecule has 3 N–H and O–H groups in total. The van der Waals surface area contributed by atoms with Crippen LogP contribution in [0.25, 0.3) is 0 Å². The Labute approximate surface area is 201 Å². The first-order chi connectivity index (χ1) is 13.8. The highest BCUT2D eigenvalue weighted by molar-refractivity contribution is 14.0. The van der Waals surface area contributed by atoms with Crippen LogP contribution in [0.15, 0.2) is 4.99 Å². The number of nitrogens with zero attached hydrogens (tertiary/aromatic N) is 3. The summed E-state index contributed by atoms with van der Waals surface area (Å²) in [6.07, 6.45) is 2.79. The van der Waals surface area contributed by atoms with E-state index in [2.05, 4.69) is 44.6 Å². The lowest BCUT2D eigenvalue weighted by Crippen LogP contribution is -2.51. The fourth-order valence-electron chi connectivity index (χ4n) is 3.25. The van der Waals surface area contributed by atoms with E-state index < -0.39 is 5.60 Å². The minimum absolute atomic E-state index is 0. The van der Waals surface area contributed by atoms with Crippen LogP contribution in [0.4, 0.5) is 4.79 Å². The summed E-state index contributed by atoms with van der Waals surface area (Å²) in [4.78, 5) is 21.3. The third-order valence-corrected chi connectivity index (χ3v) is 4.99. The highest BCUT2D eigenvalue weighted by Gasteiger charge is 2.18. The van der Waals surface area contributed by atoms with Gasteiger partial charge in [-0.05, 0) is 33.7 Å². The number of carbonyl (C=O) groups is 1. The van der Waals surface area contributed by atoms with Crippen molar-refractivity contribution >= 4 is 36.0 Å². The number of nitrogens with one attached hydrogen (secondary N) is 3. The van der Waals surface area contributed by atoms with Gasteiger partial charge >= 0.3 is 6.09 Å². The number of rotatable bonds is 10. The van der Waals surface area contributed by atoms with Crippen molar-refractivity contribution in [1.82, 2.24) is 25.8 Å². The molecule has 1 unspecified atom stereocenters. The summed E-state index contributed by atoms with van der Waals surface area (Å²) in [5, 5.41) is 9.74. The lowest BCUT2D eigenvalue weighted by atomic mass is 10.1. The van der Waals surface area contributed by atoms with Gasteiger partial charge in [0.2, 0.25) is 0 Å². The summed E-state index contributed by atoms with van der Waals surface area (Å²) >= 11 is 0. The molecule has 0 bridgehead atoms. The maximum atomic E-state index is 12.0. The van der Waals surface area contributed by atoms with E-state index in [1.54, 1.807) is 7.05 Å². The van der Waals surface area contributed by atoms with E-state index in [0.717, 1.165) is 71.0 Å². The van der Waals surface area contributed by atoms with Gasteiger partial charge in [0.15, 0.2) is 5.96 Å². The third kappa shape index (κ3) is 13.5. The van der Waals surface area contributed by atoms with Gasteiger partial charge in [-0.3, -0.25) is 9.89 Å². The van der Waals surface area contributed by atoms with Gasteiger partial charge in [0.25, 0.3) is 0 Å². The average molecular weight is 541 g/mol. The van der Waals surface area contributed by atoms with Crippen molar-refractivity contribution in [3.8, 4) is 0 Å². The van der Waals surface area contributed by atoms with Gasteiger partial charge in [-0.2, -0.15) is 0 Å². The molecule has 1 amide bonds. The molecule has 9 heteroatoms. The average Bonchev–Trinajstić information content (AvgIpc) is 2.68. The Bertz CT molecular complexity index is 490. The largest absolute Gasteiger partial charge is 0.444 e. The second kappa shape index (κ2) is 15.9. The molecule has 1 rings (SSSR count).